The van der Waals surface area contributed by atoms with Crippen molar-refractivity contribution in [2.45, 2.75) is 50.6 Å². The molecular formula is C27H35N3O5. The number of carbonyl (C=O) groups excluding carboxylic acids is 2. The summed E-state index contributed by atoms with van der Waals surface area (Å²) in [5, 5.41) is 14.8. The SMILES string of the molecule is CCC(CCC(=O)NC(CCN(C)C)C(=O)O)NC(=O)OCC1c2ccccc2-c2ccccc21. The summed E-state index contributed by atoms with van der Waals surface area (Å²) >= 11 is 0. The summed E-state index contributed by atoms with van der Waals surface area (Å²) in [5.41, 5.74) is 4.62. The first-order valence-electron chi connectivity index (χ1n) is 12.1. The van der Waals surface area contributed by atoms with Gasteiger partial charge in [-0.05, 0) is 55.6 Å². The highest BCUT2D eigenvalue weighted by Crippen LogP contribution is 2.44. The molecule has 0 fully saturated rings. The number of carbonyl (C=O) groups is 3. The van der Waals surface area contributed by atoms with E-state index in [1.54, 1.807) is 0 Å². The number of carboxylic acids is 1. The molecule has 0 aromatic heterocycles. The molecule has 188 valence electrons. The van der Waals surface area contributed by atoms with Crippen molar-refractivity contribution in [3.05, 3.63) is 59.7 Å². The second kappa shape index (κ2) is 12.4. The largest absolute Gasteiger partial charge is 0.480 e. The average molecular weight is 482 g/mol. The molecule has 2 atom stereocenters. The summed E-state index contributed by atoms with van der Waals surface area (Å²) < 4.78 is 5.60. The highest BCUT2D eigenvalue weighted by molar-refractivity contribution is 5.83. The zero-order valence-corrected chi connectivity index (χ0v) is 20.6. The van der Waals surface area contributed by atoms with E-state index in [1.165, 1.54) is 11.1 Å². The lowest BCUT2D eigenvalue weighted by atomic mass is 9.98. The summed E-state index contributed by atoms with van der Waals surface area (Å²) in [7, 11) is 3.70. The molecule has 2 amide bonds. The summed E-state index contributed by atoms with van der Waals surface area (Å²) in [6.07, 6.45) is 0.943. The zero-order valence-electron chi connectivity index (χ0n) is 20.6. The lowest BCUT2D eigenvalue weighted by Gasteiger charge is -2.20. The van der Waals surface area contributed by atoms with Gasteiger partial charge in [0.05, 0.1) is 0 Å². The molecule has 2 aromatic rings. The van der Waals surface area contributed by atoms with Crippen molar-refractivity contribution < 1.29 is 24.2 Å². The molecule has 8 heteroatoms. The van der Waals surface area contributed by atoms with Gasteiger partial charge in [-0.1, -0.05) is 55.5 Å². The first-order valence-corrected chi connectivity index (χ1v) is 12.1. The van der Waals surface area contributed by atoms with Crippen LogP contribution >= 0.6 is 0 Å². The third kappa shape index (κ3) is 7.05. The molecule has 1 aliphatic carbocycles. The molecule has 35 heavy (non-hydrogen) atoms. The van der Waals surface area contributed by atoms with Gasteiger partial charge < -0.3 is 25.4 Å². The third-order valence-electron chi connectivity index (χ3n) is 6.38. The number of hydrogen-bond acceptors (Lipinski definition) is 5. The van der Waals surface area contributed by atoms with Gasteiger partial charge in [0.25, 0.3) is 0 Å². The van der Waals surface area contributed by atoms with E-state index in [2.05, 4.69) is 34.9 Å². The maximum Gasteiger partial charge on any atom is 0.407 e. The van der Waals surface area contributed by atoms with Crippen molar-refractivity contribution in [3.8, 4) is 11.1 Å². The van der Waals surface area contributed by atoms with Gasteiger partial charge in [0, 0.05) is 24.9 Å². The Hall–Kier alpha value is -3.39. The molecule has 0 aliphatic heterocycles. The number of hydrogen-bond donors (Lipinski definition) is 3. The minimum atomic E-state index is -1.05. The van der Waals surface area contributed by atoms with Gasteiger partial charge in [0.1, 0.15) is 12.6 Å². The Bertz CT molecular complexity index is 993. The Morgan fingerprint density at radius 1 is 0.971 bits per heavy atom. The molecule has 0 radical (unpaired) electrons. The van der Waals surface area contributed by atoms with Crippen LogP contribution in [-0.4, -0.2) is 67.3 Å². The summed E-state index contributed by atoms with van der Waals surface area (Å²) in [6.45, 7) is 2.70. The molecule has 0 saturated carbocycles. The lowest BCUT2D eigenvalue weighted by molar-refractivity contribution is -0.142. The molecule has 0 saturated heterocycles. The Balaban J connectivity index is 1.49. The standard InChI is InChI=1S/C27H35N3O5/c1-4-18(13-14-25(31)29-24(26(32)33)15-16-30(2)3)28-27(34)35-17-23-21-11-7-5-9-19(21)20-10-6-8-12-22(20)23/h5-12,18,23-24H,4,13-17H2,1-3H3,(H,28,34)(H,29,31)(H,32,33). The number of fused-ring (bicyclic) bond motifs is 3. The van der Waals surface area contributed by atoms with Crippen LogP contribution in [0.25, 0.3) is 11.1 Å². The van der Waals surface area contributed by atoms with Crippen LogP contribution in [0.5, 0.6) is 0 Å². The van der Waals surface area contributed by atoms with Crippen molar-refractivity contribution in [2.24, 2.45) is 0 Å². The fourth-order valence-corrected chi connectivity index (χ4v) is 4.40. The number of alkyl carbamates (subject to hydrolysis) is 1. The van der Waals surface area contributed by atoms with E-state index in [9.17, 15) is 19.5 Å². The number of carboxylic acid groups (broad SMARTS) is 1. The first-order chi connectivity index (χ1) is 16.8. The van der Waals surface area contributed by atoms with Crippen LogP contribution in [0.4, 0.5) is 4.79 Å². The number of rotatable bonds is 12. The van der Waals surface area contributed by atoms with Crippen molar-refractivity contribution in [3.63, 3.8) is 0 Å². The monoisotopic (exact) mass is 481 g/mol. The van der Waals surface area contributed by atoms with Gasteiger partial charge in [0.2, 0.25) is 5.91 Å². The lowest BCUT2D eigenvalue weighted by Crippen LogP contribution is -2.43. The van der Waals surface area contributed by atoms with Gasteiger partial charge in [-0.15, -0.1) is 0 Å². The molecular weight excluding hydrogens is 446 g/mol. The molecule has 2 unspecified atom stereocenters. The van der Waals surface area contributed by atoms with Crippen LogP contribution in [0.2, 0.25) is 0 Å². The number of ether oxygens (including phenoxy) is 1. The van der Waals surface area contributed by atoms with Gasteiger partial charge in [-0.25, -0.2) is 9.59 Å². The number of aliphatic carboxylic acids is 1. The molecule has 8 nitrogen and oxygen atoms in total. The zero-order chi connectivity index (χ0) is 25.4. The molecule has 0 spiro atoms. The van der Waals surface area contributed by atoms with E-state index in [1.807, 2.05) is 50.2 Å². The van der Waals surface area contributed by atoms with Gasteiger partial charge in [-0.3, -0.25) is 4.79 Å². The predicted octanol–water partition coefficient (Wildman–Crippen LogP) is 3.61. The molecule has 0 heterocycles. The van der Waals surface area contributed by atoms with E-state index >= 15 is 0 Å². The van der Waals surface area contributed by atoms with E-state index in [0.29, 0.717) is 25.8 Å². The highest BCUT2D eigenvalue weighted by atomic mass is 16.5. The van der Waals surface area contributed by atoms with E-state index < -0.39 is 18.1 Å². The summed E-state index contributed by atoms with van der Waals surface area (Å²) in [6, 6.07) is 15.1. The van der Waals surface area contributed by atoms with Crippen LogP contribution < -0.4 is 10.6 Å². The van der Waals surface area contributed by atoms with Crippen molar-refractivity contribution in [1.29, 1.82) is 0 Å². The number of amides is 2. The number of nitrogens with one attached hydrogen (secondary N) is 2. The fraction of sp³-hybridized carbons (Fsp3) is 0.444. The van der Waals surface area contributed by atoms with Crippen LogP contribution in [-0.2, 0) is 14.3 Å². The highest BCUT2D eigenvalue weighted by Gasteiger charge is 2.29. The molecule has 2 aromatic carbocycles. The predicted molar refractivity (Wildman–Crippen MR) is 134 cm³/mol. The quantitative estimate of drug-likeness (QED) is 0.428. The fourth-order valence-electron chi connectivity index (χ4n) is 4.40. The van der Waals surface area contributed by atoms with Crippen molar-refractivity contribution in [2.75, 3.05) is 27.2 Å². The van der Waals surface area contributed by atoms with Gasteiger partial charge >= 0.3 is 12.1 Å². The van der Waals surface area contributed by atoms with Crippen molar-refractivity contribution in [1.82, 2.24) is 15.5 Å². The average Bonchev–Trinajstić information content (AvgIpc) is 3.16. The number of nitrogens with zero attached hydrogens (tertiary/aromatic N) is 1. The molecule has 3 rings (SSSR count). The second-order valence-corrected chi connectivity index (χ2v) is 9.16. The topological polar surface area (TPSA) is 108 Å². The van der Waals surface area contributed by atoms with Crippen LogP contribution in [0, 0.1) is 0 Å². The third-order valence-corrected chi connectivity index (χ3v) is 6.38. The minimum Gasteiger partial charge on any atom is -0.480 e. The van der Waals surface area contributed by atoms with Crippen molar-refractivity contribution >= 4 is 18.0 Å². The van der Waals surface area contributed by atoms with Gasteiger partial charge in [0.15, 0.2) is 0 Å². The van der Waals surface area contributed by atoms with E-state index in [0.717, 1.165) is 11.1 Å². The van der Waals surface area contributed by atoms with Crippen LogP contribution in [0.1, 0.15) is 49.7 Å². The Morgan fingerprint density at radius 2 is 1.57 bits per heavy atom. The number of benzene rings is 2. The molecule has 3 N–H and O–H groups in total. The smallest absolute Gasteiger partial charge is 0.407 e. The molecule has 0 bridgehead atoms. The molecule has 1 aliphatic rings. The maximum atomic E-state index is 12.5. The summed E-state index contributed by atoms with van der Waals surface area (Å²) in [4.78, 5) is 38.1. The summed E-state index contributed by atoms with van der Waals surface area (Å²) in [5.74, 6) is -1.41. The van der Waals surface area contributed by atoms with Gasteiger partial charge in [-0.2, -0.15) is 0 Å². The Kier molecular flexibility index (Phi) is 9.25. The van der Waals surface area contributed by atoms with Crippen LogP contribution in [0.15, 0.2) is 48.5 Å². The van der Waals surface area contributed by atoms with E-state index in [-0.39, 0.29) is 30.9 Å². The normalized spacial score (nSPS) is 14.1. The van der Waals surface area contributed by atoms with Crippen LogP contribution in [0.3, 0.4) is 0 Å². The second-order valence-electron chi connectivity index (χ2n) is 9.16. The Labute approximate surface area is 206 Å². The van der Waals surface area contributed by atoms with E-state index in [4.69, 9.17) is 4.74 Å². The first kappa shape index (κ1) is 26.2. The minimum absolute atomic E-state index is 0.0193. The maximum absolute atomic E-state index is 12.5. The Morgan fingerprint density at radius 3 is 2.11 bits per heavy atom.